The maximum atomic E-state index is 13.2. The summed E-state index contributed by atoms with van der Waals surface area (Å²) in [5.41, 5.74) is 2.95. The molecule has 0 aliphatic carbocycles. The average molecular weight is 915 g/mol. The van der Waals surface area contributed by atoms with Crippen molar-refractivity contribution < 1.29 is 38.1 Å². The minimum absolute atomic E-state index is 0.137. The largest absolute Gasteiger partial charge is 0.461 e. The van der Waals surface area contributed by atoms with Crippen LogP contribution in [0.2, 0.25) is 0 Å². The van der Waals surface area contributed by atoms with Gasteiger partial charge >= 0.3 is 18.0 Å². The summed E-state index contributed by atoms with van der Waals surface area (Å²) in [6.07, 6.45) is 32.9. The number of rotatable bonds is 44. The molecule has 1 aromatic carbocycles. The van der Waals surface area contributed by atoms with E-state index in [1.807, 2.05) is 6.07 Å². The number of benzene rings is 1. The van der Waals surface area contributed by atoms with Crippen LogP contribution >= 0.6 is 0 Å². The van der Waals surface area contributed by atoms with E-state index in [9.17, 15) is 14.4 Å². The lowest BCUT2D eigenvalue weighted by Gasteiger charge is -2.19. The van der Waals surface area contributed by atoms with E-state index in [1.165, 1.54) is 109 Å². The third-order valence-electron chi connectivity index (χ3n) is 12.6. The van der Waals surface area contributed by atoms with Crippen LogP contribution in [-0.4, -0.2) is 74.7 Å². The minimum atomic E-state index is -0.409. The van der Waals surface area contributed by atoms with Gasteiger partial charge in [-0.2, -0.15) is 0 Å². The minimum Gasteiger partial charge on any atom is -0.461 e. The standard InChI is InChI=1S/C55H98N2O8/c1-5-9-13-17-20-21-22-25-31-48-43-49(46-63-52(58)34-33-51(32-26-16-12-8-4)65-55(60)56-37-40-57-38-27-28-39-57)45-50(44-48)47-64-53(59)35-36-54(61-41-29-23-18-14-10-6-2)62-42-30-24-19-15-11-7-3/h43-45,51,54H,5-42,46-47H2,1-4H3,(H,56,60). The first kappa shape index (κ1) is 58.4. The molecule has 0 saturated carbocycles. The number of likely N-dealkylation sites (tertiary alicyclic amines) is 1. The van der Waals surface area contributed by atoms with E-state index in [-0.39, 0.29) is 44.1 Å². The normalized spacial score (nSPS) is 13.4. The average Bonchev–Trinajstić information content (AvgIpc) is 3.83. The quantitative estimate of drug-likeness (QED) is 0.0296. The molecular weight excluding hydrogens is 817 g/mol. The molecule has 65 heavy (non-hydrogen) atoms. The monoisotopic (exact) mass is 915 g/mol. The second-order valence-corrected chi connectivity index (χ2v) is 18.8. The van der Waals surface area contributed by atoms with E-state index in [1.54, 1.807) is 0 Å². The van der Waals surface area contributed by atoms with Gasteiger partial charge in [-0.1, -0.05) is 168 Å². The molecule has 1 heterocycles. The number of carbonyl (C=O) groups excluding carboxylic acids is 3. The molecule has 1 fully saturated rings. The molecule has 0 aromatic heterocycles. The maximum Gasteiger partial charge on any atom is 0.407 e. The van der Waals surface area contributed by atoms with Crippen molar-refractivity contribution >= 4 is 18.0 Å². The number of nitrogens with zero attached hydrogens (tertiary/aromatic N) is 1. The van der Waals surface area contributed by atoms with Gasteiger partial charge in [0.25, 0.3) is 0 Å². The topological polar surface area (TPSA) is 113 Å². The highest BCUT2D eigenvalue weighted by Gasteiger charge is 2.19. The summed E-state index contributed by atoms with van der Waals surface area (Å²) in [5, 5.41) is 2.92. The Kier molecular flexibility index (Phi) is 37.3. The zero-order valence-corrected chi connectivity index (χ0v) is 42.4. The molecule has 2 rings (SSSR count). The van der Waals surface area contributed by atoms with Gasteiger partial charge in [-0.05, 0) is 93.6 Å². The van der Waals surface area contributed by atoms with E-state index in [0.29, 0.717) is 32.6 Å². The molecule has 1 unspecified atom stereocenters. The zero-order valence-electron chi connectivity index (χ0n) is 42.4. The Balaban J connectivity index is 1.97. The van der Waals surface area contributed by atoms with Gasteiger partial charge in [0, 0.05) is 39.1 Å². The molecule has 10 heteroatoms. The van der Waals surface area contributed by atoms with Crippen LogP contribution in [0.4, 0.5) is 4.79 Å². The lowest BCUT2D eigenvalue weighted by molar-refractivity contribution is -0.160. The van der Waals surface area contributed by atoms with Gasteiger partial charge < -0.3 is 33.9 Å². The van der Waals surface area contributed by atoms with E-state index in [2.05, 4.69) is 50.0 Å². The number of nitrogens with one attached hydrogen (secondary N) is 1. The van der Waals surface area contributed by atoms with E-state index in [0.717, 1.165) is 107 Å². The summed E-state index contributed by atoms with van der Waals surface area (Å²) >= 11 is 0. The Morgan fingerprint density at radius 1 is 0.538 bits per heavy atom. The van der Waals surface area contributed by atoms with Crippen molar-refractivity contribution in [3.05, 3.63) is 34.9 Å². The number of aryl methyl sites for hydroxylation is 1. The fourth-order valence-electron chi connectivity index (χ4n) is 8.59. The first-order chi connectivity index (χ1) is 31.9. The van der Waals surface area contributed by atoms with Crippen molar-refractivity contribution in [2.45, 2.75) is 259 Å². The molecule has 0 spiro atoms. The van der Waals surface area contributed by atoms with Crippen molar-refractivity contribution in [1.29, 1.82) is 0 Å². The number of ether oxygens (including phenoxy) is 5. The highest BCUT2D eigenvalue weighted by atomic mass is 16.7. The van der Waals surface area contributed by atoms with Gasteiger partial charge in [0.15, 0.2) is 6.29 Å². The van der Waals surface area contributed by atoms with Crippen LogP contribution in [0.15, 0.2) is 18.2 Å². The van der Waals surface area contributed by atoms with Crippen molar-refractivity contribution in [3.63, 3.8) is 0 Å². The molecule has 1 aliphatic rings. The molecule has 1 aromatic rings. The van der Waals surface area contributed by atoms with Gasteiger partial charge in [-0.3, -0.25) is 9.59 Å². The predicted octanol–water partition coefficient (Wildman–Crippen LogP) is 14.3. The summed E-state index contributed by atoms with van der Waals surface area (Å²) in [6.45, 7) is 14.0. The molecule has 1 atom stereocenters. The highest BCUT2D eigenvalue weighted by Crippen LogP contribution is 2.20. The van der Waals surface area contributed by atoms with Gasteiger partial charge in [0.2, 0.25) is 0 Å². The molecule has 1 saturated heterocycles. The van der Waals surface area contributed by atoms with E-state index < -0.39 is 12.4 Å². The van der Waals surface area contributed by atoms with Crippen LogP contribution in [0.1, 0.15) is 243 Å². The Morgan fingerprint density at radius 2 is 0.985 bits per heavy atom. The predicted molar refractivity (Wildman–Crippen MR) is 266 cm³/mol. The molecule has 0 bridgehead atoms. The molecule has 0 radical (unpaired) electrons. The third-order valence-corrected chi connectivity index (χ3v) is 12.6. The van der Waals surface area contributed by atoms with Gasteiger partial charge in [0.05, 0.1) is 6.42 Å². The summed E-state index contributed by atoms with van der Waals surface area (Å²) in [6, 6.07) is 6.24. The Labute approximate surface area is 398 Å². The molecule has 1 N–H and O–H groups in total. The molecule has 10 nitrogen and oxygen atoms in total. The fourth-order valence-corrected chi connectivity index (χ4v) is 8.59. The summed E-state index contributed by atoms with van der Waals surface area (Å²) in [7, 11) is 0. The molecule has 1 aliphatic heterocycles. The molecule has 376 valence electrons. The number of hydrogen-bond donors (Lipinski definition) is 1. The number of amides is 1. The second kappa shape index (κ2) is 41.5. The van der Waals surface area contributed by atoms with E-state index in [4.69, 9.17) is 23.7 Å². The van der Waals surface area contributed by atoms with Crippen LogP contribution in [0.5, 0.6) is 0 Å². The first-order valence-electron chi connectivity index (χ1n) is 27.2. The van der Waals surface area contributed by atoms with Gasteiger partial charge in [-0.25, -0.2) is 4.79 Å². The number of carbonyl (C=O) groups is 3. The molecular formula is C55H98N2O8. The number of unbranched alkanes of at least 4 members (excludes halogenated alkanes) is 20. The number of alkyl carbamates (subject to hydrolysis) is 1. The Morgan fingerprint density at radius 3 is 1.51 bits per heavy atom. The van der Waals surface area contributed by atoms with Gasteiger partial charge in [-0.15, -0.1) is 0 Å². The van der Waals surface area contributed by atoms with Crippen molar-refractivity contribution in [1.82, 2.24) is 10.2 Å². The van der Waals surface area contributed by atoms with Crippen molar-refractivity contribution in [2.75, 3.05) is 39.4 Å². The Hall–Kier alpha value is -2.69. The highest BCUT2D eigenvalue weighted by molar-refractivity contribution is 5.70. The van der Waals surface area contributed by atoms with Crippen LogP contribution in [0.3, 0.4) is 0 Å². The fraction of sp³-hybridized carbons (Fsp3) is 0.836. The number of esters is 2. The third kappa shape index (κ3) is 33.4. The van der Waals surface area contributed by atoms with Crippen molar-refractivity contribution in [3.8, 4) is 0 Å². The second-order valence-electron chi connectivity index (χ2n) is 18.8. The van der Waals surface area contributed by atoms with Crippen LogP contribution in [-0.2, 0) is 52.9 Å². The van der Waals surface area contributed by atoms with Crippen LogP contribution in [0, 0.1) is 0 Å². The van der Waals surface area contributed by atoms with Gasteiger partial charge in [0.1, 0.15) is 19.3 Å². The Bertz CT molecular complexity index is 1290. The smallest absolute Gasteiger partial charge is 0.407 e. The SMILES string of the molecule is CCCCCCCCCCc1cc(COC(=O)CCC(CCCCCC)OC(=O)NCCN2CCCC2)cc(COC(=O)CCC(OCCCCCCCC)OCCCCCCCC)c1. The summed E-state index contributed by atoms with van der Waals surface area (Å²) < 4.78 is 29.9. The van der Waals surface area contributed by atoms with Crippen LogP contribution in [0.25, 0.3) is 0 Å². The summed E-state index contributed by atoms with van der Waals surface area (Å²) in [5.74, 6) is -0.579. The first-order valence-corrected chi connectivity index (χ1v) is 27.2. The zero-order chi connectivity index (χ0) is 46.8. The van der Waals surface area contributed by atoms with E-state index >= 15 is 0 Å². The molecule has 1 amide bonds. The lowest BCUT2D eigenvalue weighted by Crippen LogP contribution is -2.35. The number of hydrogen-bond acceptors (Lipinski definition) is 9. The van der Waals surface area contributed by atoms with Crippen molar-refractivity contribution in [2.24, 2.45) is 0 Å². The summed E-state index contributed by atoms with van der Waals surface area (Å²) in [4.78, 5) is 41.4. The lowest BCUT2D eigenvalue weighted by atomic mass is 10.0. The maximum absolute atomic E-state index is 13.2. The van der Waals surface area contributed by atoms with Crippen LogP contribution < -0.4 is 5.32 Å².